The number of nitro groups is 1. The molecule has 2 aromatic rings. The number of benzene rings is 2. The molecule has 0 aliphatic carbocycles. The molecule has 1 N–H and O–H groups in total. The maximum Gasteiger partial charge on any atom is 0.280 e. The molecule has 0 saturated heterocycles. The first-order valence-corrected chi connectivity index (χ1v) is 8.19. The van der Waals surface area contributed by atoms with Crippen LogP contribution in [0.5, 0.6) is 0 Å². The van der Waals surface area contributed by atoms with Gasteiger partial charge >= 0.3 is 0 Å². The van der Waals surface area contributed by atoms with Crippen LogP contribution in [0.25, 0.3) is 0 Å². The van der Waals surface area contributed by atoms with E-state index >= 15 is 0 Å². The lowest BCUT2D eigenvalue weighted by molar-refractivity contribution is -0.385. The van der Waals surface area contributed by atoms with Gasteiger partial charge in [-0.3, -0.25) is 19.7 Å². The first-order valence-electron chi connectivity index (χ1n) is 8.19. The molecule has 1 unspecified atom stereocenters. The smallest absolute Gasteiger partial charge is 0.280 e. The molecule has 1 atom stereocenters. The molecule has 0 saturated carbocycles. The summed E-state index contributed by atoms with van der Waals surface area (Å²) in [7, 11) is 0. The van der Waals surface area contributed by atoms with Crippen LogP contribution in [0, 0.1) is 10.1 Å². The topological polar surface area (TPSA) is 101 Å². The minimum atomic E-state index is -2.04. The average Bonchev–Trinajstić information content (AvgIpc) is 2.83. The highest BCUT2D eigenvalue weighted by Crippen LogP contribution is 2.44. The summed E-state index contributed by atoms with van der Waals surface area (Å²) >= 11 is 0. The Balaban J connectivity index is 2.03. The Morgan fingerprint density at radius 3 is 2.46 bits per heavy atom. The van der Waals surface area contributed by atoms with Crippen molar-refractivity contribution >= 4 is 23.1 Å². The van der Waals surface area contributed by atoms with E-state index in [4.69, 9.17) is 0 Å². The molecule has 0 spiro atoms. The number of hydrogen-bond donors (Lipinski definition) is 1. The quantitative estimate of drug-likeness (QED) is 0.505. The number of anilines is 1. The summed E-state index contributed by atoms with van der Waals surface area (Å²) in [6.45, 7) is 3.62. The fourth-order valence-corrected chi connectivity index (χ4v) is 3.34. The van der Waals surface area contributed by atoms with E-state index in [1.165, 1.54) is 29.2 Å². The second-order valence-electron chi connectivity index (χ2n) is 6.52. The van der Waals surface area contributed by atoms with Crippen molar-refractivity contribution in [3.05, 3.63) is 69.8 Å². The van der Waals surface area contributed by atoms with Crippen molar-refractivity contribution in [1.82, 2.24) is 0 Å². The highest BCUT2D eigenvalue weighted by Gasteiger charge is 2.51. The third-order valence-corrected chi connectivity index (χ3v) is 4.52. The van der Waals surface area contributed by atoms with Gasteiger partial charge in [0.1, 0.15) is 0 Å². The number of fused-ring (bicyclic) bond motifs is 1. The standard InChI is InChI=1S/C19H18N2O5/c1-12(2)20-16-10-6-4-8-14(16)19(24,18(20)23)11-17(22)13-7-3-5-9-15(13)21(25)26/h3-10,12,24H,11H2,1-2H3. The third-order valence-electron chi connectivity index (χ3n) is 4.52. The summed E-state index contributed by atoms with van der Waals surface area (Å²) in [6, 6.07) is 12.0. The van der Waals surface area contributed by atoms with Gasteiger partial charge in [-0.15, -0.1) is 0 Å². The van der Waals surface area contributed by atoms with Gasteiger partial charge in [-0.05, 0) is 26.0 Å². The Labute approximate surface area is 150 Å². The Morgan fingerprint density at radius 1 is 1.19 bits per heavy atom. The van der Waals surface area contributed by atoms with Gasteiger partial charge in [-0.1, -0.05) is 30.3 Å². The molecule has 0 radical (unpaired) electrons. The van der Waals surface area contributed by atoms with E-state index in [1.807, 2.05) is 13.8 Å². The van der Waals surface area contributed by atoms with Crippen molar-refractivity contribution in [1.29, 1.82) is 0 Å². The molecule has 7 nitrogen and oxygen atoms in total. The normalized spacial score (nSPS) is 18.9. The minimum Gasteiger partial charge on any atom is -0.375 e. The largest absolute Gasteiger partial charge is 0.375 e. The molecular weight excluding hydrogens is 336 g/mol. The van der Waals surface area contributed by atoms with E-state index in [0.717, 1.165) is 0 Å². The Bertz CT molecular complexity index is 908. The zero-order chi connectivity index (χ0) is 19.1. The monoisotopic (exact) mass is 354 g/mol. The van der Waals surface area contributed by atoms with Crippen LogP contribution in [0.1, 0.15) is 36.2 Å². The van der Waals surface area contributed by atoms with Gasteiger partial charge in [0.15, 0.2) is 11.4 Å². The number of aliphatic hydroxyl groups is 1. The summed E-state index contributed by atoms with van der Waals surface area (Å²) in [5.74, 6) is -1.26. The second-order valence-corrected chi connectivity index (χ2v) is 6.52. The zero-order valence-corrected chi connectivity index (χ0v) is 14.4. The Hall–Kier alpha value is -3.06. The van der Waals surface area contributed by atoms with Crippen LogP contribution < -0.4 is 4.90 Å². The number of hydrogen-bond acceptors (Lipinski definition) is 5. The zero-order valence-electron chi connectivity index (χ0n) is 14.4. The van der Waals surface area contributed by atoms with Crippen LogP contribution in [-0.4, -0.2) is 27.8 Å². The molecule has 0 fully saturated rings. The van der Waals surface area contributed by atoms with Gasteiger partial charge in [0.2, 0.25) is 0 Å². The predicted molar refractivity (Wildman–Crippen MR) is 95.0 cm³/mol. The number of carbonyl (C=O) groups excluding carboxylic acids is 2. The van der Waals surface area contributed by atoms with Crippen LogP contribution in [0.15, 0.2) is 48.5 Å². The van der Waals surface area contributed by atoms with Crippen LogP contribution >= 0.6 is 0 Å². The van der Waals surface area contributed by atoms with Crippen molar-refractivity contribution in [2.45, 2.75) is 31.9 Å². The molecule has 0 aromatic heterocycles. The van der Waals surface area contributed by atoms with Gasteiger partial charge in [0, 0.05) is 17.7 Å². The van der Waals surface area contributed by atoms with Gasteiger partial charge in [-0.2, -0.15) is 0 Å². The number of amides is 1. The molecule has 1 aliphatic heterocycles. The van der Waals surface area contributed by atoms with Crippen LogP contribution in [0.2, 0.25) is 0 Å². The van der Waals surface area contributed by atoms with Gasteiger partial charge < -0.3 is 10.0 Å². The maximum absolute atomic E-state index is 12.9. The van der Waals surface area contributed by atoms with E-state index in [-0.39, 0.29) is 17.3 Å². The van der Waals surface area contributed by atoms with Crippen molar-refractivity contribution < 1.29 is 19.6 Å². The third kappa shape index (κ3) is 2.66. The number of nitro benzene ring substituents is 1. The number of nitrogens with zero attached hydrogens (tertiary/aromatic N) is 2. The summed E-state index contributed by atoms with van der Waals surface area (Å²) in [5, 5.41) is 22.3. The number of carbonyl (C=O) groups is 2. The first kappa shape index (κ1) is 17.8. The lowest BCUT2D eigenvalue weighted by atomic mass is 9.88. The van der Waals surface area contributed by atoms with Crippen molar-refractivity contribution in [2.75, 3.05) is 4.90 Å². The Kier molecular flexibility index (Phi) is 4.33. The van der Waals surface area contributed by atoms with Crippen molar-refractivity contribution in [3.63, 3.8) is 0 Å². The molecule has 26 heavy (non-hydrogen) atoms. The summed E-state index contributed by atoms with van der Waals surface area (Å²) in [5.41, 5.74) is -1.63. The highest BCUT2D eigenvalue weighted by molar-refractivity contribution is 6.11. The number of ketones is 1. The van der Waals surface area contributed by atoms with Crippen LogP contribution in [-0.2, 0) is 10.4 Å². The van der Waals surface area contributed by atoms with E-state index in [0.29, 0.717) is 11.3 Å². The fraction of sp³-hybridized carbons (Fsp3) is 0.263. The number of para-hydroxylation sites is 2. The number of rotatable bonds is 5. The molecular formula is C19H18N2O5. The van der Waals surface area contributed by atoms with E-state index in [9.17, 15) is 24.8 Å². The molecule has 1 amide bonds. The maximum atomic E-state index is 12.9. The summed E-state index contributed by atoms with van der Waals surface area (Å²) in [4.78, 5) is 37.6. The number of Topliss-reactive ketones (excluding diaryl/α,β-unsaturated/α-hetero) is 1. The fourth-order valence-electron chi connectivity index (χ4n) is 3.34. The lowest BCUT2D eigenvalue weighted by Crippen LogP contribution is -2.44. The average molecular weight is 354 g/mol. The molecule has 0 bridgehead atoms. The van der Waals surface area contributed by atoms with E-state index in [1.54, 1.807) is 24.3 Å². The van der Waals surface area contributed by atoms with Crippen LogP contribution in [0.3, 0.4) is 0 Å². The van der Waals surface area contributed by atoms with Crippen molar-refractivity contribution in [3.8, 4) is 0 Å². The SMILES string of the molecule is CC(C)N1C(=O)C(O)(CC(=O)c2ccccc2[N+](=O)[O-])c2ccccc21. The molecule has 2 aromatic carbocycles. The molecule has 7 heteroatoms. The minimum absolute atomic E-state index is 0.126. The molecule has 3 rings (SSSR count). The van der Waals surface area contributed by atoms with E-state index in [2.05, 4.69) is 0 Å². The van der Waals surface area contributed by atoms with E-state index < -0.39 is 28.6 Å². The molecule has 134 valence electrons. The first-order chi connectivity index (χ1) is 12.3. The highest BCUT2D eigenvalue weighted by atomic mass is 16.6. The summed E-state index contributed by atoms with van der Waals surface area (Å²) in [6.07, 6.45) is -0.559. The molecule has 1 aliphatic rings. The second kappa shape index (κ2) is 6.34. The van der Waals surface area contributed by atoms with Crippen molar-refractivity contribution in [2.24, 2.45) is 0 Å². The van der Waals surface area contributed by atoms with Crippen LogP contribution in [0.4, 0.5) is 11.4 Å². The van der Waals surface area contributed by atoms with Gasteiger partial charge in [0.05, 0.1) is 22.6 Å². The Morgan fingerprint density at radius 2 is 1.81 bits per heavy atom. The molecule has 1 heterocycles. The van der Waals surface area contributed by atoms with Gasteiger partial charge in [-0.25, -0.2) is 0 Å². The summed E-state index contributed by atoms with van der Waals surface area (Å²) < 4.78 is 0. The lowest BCUT2D eigenvalue weighted by Gasteiger charge is -2.25. The predicted octanol–water partition coefficient (Wildman–Crippen LogP) is 2.81. The van der Waals surface area contributed by atoms with Gasteiger partial charge in [0.25, 0.3) is 11.6 Å².